The van der Waals surface area contributed by atoms with Crippen molar-refractivity contribution in [3.63, 3.8) is 0 Å². The molecule has 0 aliphatic carbocycles. The van der Waals surface area contributed by atoms with Gasteiger partial charge in [-0.3, -0.25) is 0 Å². The van der Waals surface area contributed by atoms with Crippen LogP contribution in [0.5, 0.6) is 0 Å². The van der Waals surface area contributed by atoms with Gasteiger partial charge in [0.15, 0.2) is 11.7 Å². The standard InChI is InChI=1S/C17H22N4O2.HI/c1-2-18-17(21-9-8-15(22)12-21)19-11-14-10-16(23-20-14)13-6-4-3-5-7-13;/h3-7,10,15,22H,2,8-9,11-12H2,1H3,(H,18,19);1H/t15-;/m1./s1. The van der Waals surface area contributed by atoms with E-state index in [0.717, 1.165) is 42.5 Å². The fraction of sp³-hybridized carbons (Fsp3) is 0.412. The van der Waals surface area contributed by atoms with Crippen molar-refractivity contribution in [2.45, 2.75) is 26.0 Å². The number of nitrogens with zero attached hydrogens (tertiary/aromatic N) is 3. The third kappa shape index (κ3) is 4.70. The topological polar surface area (TPSA) is 73.9 Å². The SMILES string of the molecule is CCNC(=NCc1cc(-c2ccccc2)on1)N1CC[C@@H](O)C1.I. The van der Waals surface area contributed by atoms with Crippen LogP contribution in [0, 0.1) is 0 Å². The normalized spacial score (nSPS) is 17.7. The molecule has 1 fully saturated rings. The van der Waals surface area contributed by atoms with Crippen LogP contribution in [0.3, 0.4) is 0 Å². The lowest BCUT2D eigenvalue weighted by Crippen LogP contribution is -2.40. The van der Waals surface area contributed by atoms with Gasteiger partial charge in [-0.05, 0) is 13.3 Å². The Labute approximate surface area is 159 Å². The summed E-state index contributed by atoms with van der Waals surface area (Å²) < 4.78 is 5.39. The average molecular weight is 442 g/mol. The molecule has 0 spiro atoms. The van der Waals surface area contributed by atoms with E-state index in [1.807, 2.05) is 43.3 Å². The molecule has 2 N–H and O–H groups in total. The van der Waals surface area contributed by atoms with Crippen LogP contribution < -0.4 is 5.32 Å². The quantitative estimate of drug-likeness (QED) is 0.433. The highest BCUT2D eigenvalue weighted by atomic mass is 127. The molecule has 1 atom stereocenters. The smallest absolute Gasteiger partial charge is 0.194 e. The van der Waals surface area contributed by atoms with Gasteiger partial charge in [0.25, 0.3) is 0 Å². The number of halogens is 1. The van der Waals surface area contributed by atoms with Crippen LogP contribution in [-0.4, -0.2) is 46.9 Å². The molecule has 6 nitrogen and oxygen atoms in total. The summed E-state index contributed by atoms with van der Waals surface area (Å²) in [5, 5.41) is 17.0. The maximum Gasteiger partial charge on any atom is 0.194 e. The third-order valence-electron chi connectivity index (χ3n) is 3.81. The second kappa shape index (κ2) is 9.03. The van der Waals surface area contributed by atoms with Crippen molar-refractivity contribution in [3.05, 3.63) is 42.1 Å². The first kappa shape index (κ1) is 18.7. The minimum Gasteiger partial charge on any atom is -0.391 e. The molecule has 1 aromatic carbocycles. The van der Waals surface area contributed by atoms with Gasteiger partial charge < -0.3 is 19.8 Å². The van der Waals surface area contributed by atoms with Crippen LogP contribution in [0.15, 0.2) is 45.9 Å². The van der Waals surface area contributed by atoms with Gasteiger partial charge in [-0.1, -0.05) is 35.5 Å². The van der Waals surface area contributed by atoms with Gasteiger partial charge >= 0.3 is 0 Å². The molecule has 0 radical (unpaired) electrons. The number of benzene rings is 1. The Bertz CT molecular complexity index is 660. The first-order chi connectivity index (χ1) is 11.3. The molecular weight excluding hydrogens is 419 g/mol. The summed E-state index contributed by atoms with van der Waals surface area (Å²) in [5.41, 5.74) is 1.80. The lowest BCUT2D eigenvalue weighted by molar-refractivity contribution is 0.188. The predicted molar refractivity (Wildman–Crippen MR) is 104 cm³/mol. The van der Waals surface area contributed by atoms with Crippen molar-refractivity contribution in [2.24, 2.45) is 4.99 Å². The number of aliphatic imine (C=N–C) groups is 1. The number of likely N-dealkylation sites (tertiary alicyclic amines) is 1. The van der Waals surface area contributed by atoms with Crippen LogP contribution in [0.1, 0.15) is 19.0 Å². The van der Waals surface area contributed by atoms with E-state index >= 15 is 0 Å². The Balaban J connectivity index is 0.00000208. The van der Waals surface area contributed by atoms with Crippen molar-refractivity contribution in [1.82, 2.24) is 15.4 Å². The van der Waals surface area contributed by atoms with Gasteiger partial charge in [-0.15, -0.1) is 24.0 Å². The van der Waals surface area contributed by atoms with E-state index in [-0.39, 0.29) is 30.1 Å². The summed E-state index contributed by atoms with van der Waals surface area (Å²) in [6.45, 7) is 4.72. The van der Waals surface area contributed by atoms with Gasteiger partial charge in [0.2, 0.25) is 0 Å². The minimum absolute atomic E-state index is 0. The zero-order valence-electron chi connectivity index (χ0n) is 13.7. The molecule has 1 saturated heterocycles. The Morgan fingerprint density at radius 1 is 1.42 bits per heavy atom. The number of aromatic nitrogens is 1. The molecule has 3 rings (SSSR count). The molecule has 0 bridgehead atoms. The van der Waals surface area contributed by atoms with Crippen molar-refractivity contribution in [1.29, 1.82) is 0 Å². The fourth-order valence-electron chi connectivity index (χ4n) is 2.64. The van der Waals surface area contributed by atoms with E-state index in [0.29, 0.717) is 13.1 Å². The van der Waals surface area contributed by atoms with Crippen molar-refractivity contribution in [3.8, 4) is 11.3 Å². The minimum atomic E-state index is -0.268. The molecule has 0 amide bonds. The van der Waals surface area contributed by atoms with Crippen LogP contribution in [0.25, 0.3) is 11.3 Å². The van der Waals surface area contributed by atoms with E-state index in [1.54, 1.807) is 0 Å². The second-order valence-electron chi connectivity index (χ2n) is 5.61. The van der Waals surface area contributed by atoms with Crippen LogP contribution >= 0.6 is 24.0 Å². The summed E-state index contributed by atoms with van der Waals surface area (Å²) >= 11 is 0. The van der Waals surface area contributed by atoms with Crippen LogP contribution in [0.4, 0.5) is 0 Å². The maximum absolute atomic E-state index is 9.68. The van der Waals surface area contributed by atoms with Crippen molar-refractivity contribution >= 4 is 29.9 Å². The summed E-state index contributed by atoms with van der Waals surface area (Å²) in [7, 11) is 0. The van der Waals surface area contributed by atoms with Gasteiger partial charge in [-0.2, -0.15) is 0 Å². The third-order valence-corrected chi connectivity index (χ3v) is 3.81. The molecule has 0 saturated carbocycles. The Morgan fingerprint density at radius 3 is 2.88 bits per heavy atom. The zero-order chi connectivity index (χ0) is 16.1. The summed E-state index contributed by atoms with van der Waals surface area (Å²) in [4.78, 5) is 6.68. The molecule has 0 unspecified atom stereocenters. The molecule has 2 aromatic rings. The number of guanidine groups is 1. The molecule has 1 aliphatic rings. The van der Waals surface area contributed by atoms with E-state index in [9.17, 15) is 5.11 Å². The molecular formula is C17H23IN4O2. The Kier molecular flexibility index (Phi) is 7.04. The molecule has 1 aliphatic heterocycles. The first-order valence-corrected chi connectivity index (χ1v) is 7.98. The van der Waals surface area contributed by atoms with E-state index < -0.39 is 0 Å². The van der Waals surface area contributed by atoms with Gasteiger partial charge in [0.05, 0.1) is 12.6 Å². The van der Waals surface area contributed by atoms with Crippen LogP contribution in [-0.2, 0) is 6.54 Å². The zero-order valence-corrected chi connectivity index (χ0v) is 16.0. The highest BCUT2D eigenvalue weighted by Gasteiger charge is 2.22. The van der Waals surface area contributed by atoms with Gasteiger partial charge in [0.1, 0.15) is 5.69 Å². The summed E-state index contributed by atoms with van der Waals surface area (Å²) in [6, 6.07) is 11.8. The summed E-state index contributed by atoms with van der Waals surface area (Å²) in [5.74, 6) is 1.56. The molecule has 2 heterocycles. The fourth-order valence-corrected chi connectivity index (χ4v) is 2.64. The number of nitrogens with one attached hydrogen (secondary N) is 1. The number of aliphatic hydroxyl groups excluding tert-OH is 1. The summed E-state index contributed by atoms with van der Waals surface area (Å²) in [6.07, 6.45) is 0.516. The Hall–Kier alpha value is -1.61. The number of rotatable bonds is 4. The van der Waals surface area contributed by atoms with Gasteiger partial charge in [0, 0.05) is 31.3 Å². The average Bonchev–Trinajstić information content (AvgIpc) is 3.21. The maximum atomic E-state index is 9.68. The Morgan fingerprint density at radius 2 is 2.21 bits per heavy atom. The van der Waals surface area contributed by atoms with Crippen LogP contribution in [0.2, 0.25) is 0 Å². The number of hydrogen-bond donors (Lipinski definition) is 2. The highest BCUT2D eigenvalue weighted by molar-refractivity contribution is 14.0. The first-order valence-electron chi connectivity index (χ1n) is 7.98. The lowest BCUT2D eigenvalue weighted by atomic mass is 10.2. The highest BCUT2D eigenvalue weighted by Crippen LogP contribution is 2.20. The second-order valence-corrected chi connectivity index (χ2v) is 5.61. The number of β-amino-alcohol motifs (C(OH)–C–C–N with tert-alkyl or cyclic N) is 1. The van der Waals surface area contributed by atoms with Crippen molar-refractivity contribution < 1.29 is 9.63 Å². The molecule has 130 valence electrons. The number of aliphatic hydroxyl groups is 1. The van der Waals surface area contributed by atoms with E-state index in [2.05, 4.69) is 20.4 Å². The van der Waals surface area contributed by atoms with Crippen molar-refractivity contribution in [2.75, 3.05) is 19.6 Å². The molecule has 7 heteroatoms. The predicted octanol–water partition coefficient (Wildman–Crippen LogP) is 2.49. The number of hydrogen-bond acceptors (Lipinski definition) is 4. The van der Waals surface area contributed by atoms with E-state index in [4.69, 9.17) is 4.52 Å². The largest absolute Gasteiger partial charge is 0.391 e. The van der Waals surface area contributed by atoms with E-state index in [1.165, 1.54) is 0 Å². The molecule has 24 heavy (non-hydrogen) atoms. The lowest BCUT2D eigenvalue weighted by Gasteiger charge is -2.20. The van der Waals surface area contributed by atoms with Gasteiger partial charge in [-0.25, -0.2) is 4.99 Å². The monoisotopic (exact) mass is 442 g/mol. The molecule has 1 aromatic heterocycles.